The van der Waals surface area contributed by atoms with Gasteiger partial charge >= 0.3 is 6.09 Å². The van der Waals surface area contributed by atoms with Crippen LogP contribution in [0.4, 0.5) is 4.79 Å². The van der Waals surface area contributed by atoms with Crippen molar-refractivity contribution in [2.75, 3.05) is 19.6 Å². The van der Waals surface area contributed by atoms with E-state index in [1.54, 1.807) is 0 Å². The Balaban J connectivity index is 2.47. The number of likely N-dealkylation sites (tertiary alicyclic amines) is 1. The third-order valence-corrected chi connectivity index (χ3v) is 4.48. The van der Waals surface area contributed by atoms with Gasteiger partial charge in [0.15, 0.2) is 0 Å². The number of nitrogens with zero attached hydrogens (tertiary/aromatic N) is 1. The van der Waals surface area contributed by atoms with Crippen molar-refractivity contribution in [2.45, 2.75) is 73.0 Å². The van der Waals surface area contributed by atoms with Gasteiger partial charge in [-0.25, -0.2) is 4.79 Å². The SMILES string of the molecule is CC(C)C(C)(C)CNC1CCCN(C(=O)OC(C)(C)C)C1. The van der Waals surface area contributed by atoms with Gasteiger partial charge in [0.2, 0.25) is 0 Å². The van der Waals surface area contributed by atoms with Crippen molar-refractivity contribution < 1.29 is 9.53 Å². The van der Waals surface area contributed by atoms with E-state index in [0.717, 1.165) is 32.5 Å². The summed E-state index contributed by atoms with van der Waals surface area (Å²) in [5, 5.41) is 3.64. The maximum Gasteiger partial charge on any atom is 0.410 e. The van der Waals surface area contributed by atoms with Crippen LogP contribution >= 0.6 is 0 Å². The molecule has 0 spiro atoms. The predicted molar refractivity (Wildman–Crippen MR) is 87.5 cm³/mol. The van der Waals surface area contributed by atoms with Crippen LogP contribution in [-0.2, 0) is 4.74 Å². The molecule has 4 heteroatoms. The van der Waals surface area contributed by atoms with Gasteiger partial charge in [-0.2, -0.15) is 0 Å². The summed E-state index contributed by atoms with van der Waals surface area (Å²) in [6, 6.07) is 0.379. The van der Waals surface area contributed by atoms with Gasteiger partial charge in [-0.15, -0.1) is 0 Å². The van der Waals surface area contributed by atoms with E-state index >= 15 is 0 Å². The quantitative estimate of drug-likeness (QED) is 0.861. The summed E-state index contributed by atoms with van der Waals surface area (Å²) in [6.45, 7) is 17.4. The average molecular weight is 298 g/mol. The van der Waals surface area contributed by atoms with Crippen LogP contribution in [-0.4, -0.2) is 42.3 Å². The number of hydrogen-bond donors (Lipinski definition) is 1. The first-order valence-electron chi connectivity index (χ1n) is 8.22. The monoisotopic (exact) mass is 298 g/mol. The molecule has 0 radical (unpaired) electrons. The maximum absolute atomic E-state index is 12.1. The summed E-state index contributed by atoms with van der Waals surface area (Å²) in [6.07, 6.45) is 1.99. The third-order valence-electron chi connectivity index (χ3n) is 4.48. The van der Waals surface area contributed by atoms with Crippen LogP contribution in [0.25, 0.3) is 0 Å². The Morgan fingerprint density at radius 1 is 1.29 bits per heavy atom. The second-order valence-corrected chi connectivity index (χ2v) is 8.29. The minimum absolute atomic E-state index is 0.183. The highest BCUT2D eigenvalue weighted by Gasteiger charge is 2.29. The number of rotatable bonds is 4. The van der Waals surface area contributed by atoms with Crippen molar-refractivity contribution >= 4 is 6.09 Å². The van der Waals surface area contributed by atoms with Crippen molar-refractivity contribution in [3.63, 3.8) is 0 Å². The number of hydrogen-bond acceptors (Lipinski definition) is 3. The van der Waals surface area contributed by atoms with E-state index < -0.39 is 5.60 Å². The van der Waals surface area contributed by atoms with Gasteiger partial charge in [-0.3, -0.25) is 0 Å². The molecular formula is C17H34N2O2. The summed E-state index contributed by atoms with van der Waals surface area (Å²) < 4.78 is 5.47. The van der Waals surface area contributed by atoms with E-state index in [1.165, 1.54) is 0 Å². The fraction of sp³-hybridized carbons (Fsp3) is 0.941. The molecule has 124 valence electrons. The highest BCUT2D eigenvalue weighted by molar-refractivity contribution is 5.68. The Morgan fingerprint density at radius 3 is 2.43 bits per heavy atom. The largest absolute Gasteiger partial charge is 0.444 e. The number of nitrogens with one attached hydrogen (secondary N) is 1. The van der Waals surface area contributed by atoms with Crippen LogP contribution in [0.15, 0.2) is 0 Å². The van der Waals surface area contributed by atoms with Gasteiger partial charge in [0.25, 0.3) is 0 Å². The molecule has 1 amide bonds. The third kappa shape index (κ3) is 6.25. The Morgan fingerprint density at radius 2 is 1.90 bits per heavy atom. The minimum Gasteiger partial charge on any atom is -0.444 e. The Hall–Kier alpha value is -0.770. The number of piperidine rings is 1. The highest BCUT2D eigenvalue weighted by Crippen LogP contribution is 2.25. The molecule has 1 aliphatic rings. The van der Waals surface area contributed by atoms with E-state index in [9.17, 15) is 4.79 Å². The number of amides is 1. The van der Waals surface area contributed by atoms with Crippen LogP contribution in [0.3, 0.4) is 0 Å². The molecular weight excluding hydrogens is 264 g/mol. The van der Waals surface area contributed by atoms with Crippen LogP contribution in [0.5, 0.6) is 0 Å². The molecule has 1 heterocycles. The molecule has 1 fully saturated rings. The average Bonchev–Trinajstić information content (AvgIpc) is 2.34. The van der Waals surface area contributed by atoms with Gasteiger partial charge < -0.3 is 15.0 Å². The molecule has 1 atom stereocenters. The Kier molecular flexibility index (Phi) is 6.09. The molecule has 0 aromatic carbocycles. The lowest BCUT2D eigenvalue weighted by Gasteiger charge is -2.37. The van der Waals surface area contributed by atoms with E-state index in [2.05, 4.69) is 33.0 Å². The molecule has 0 bridgehead atoms. The smallest absolute Gasteiger partial charge is 0.410 e. The normalized spacial score (nSPS) is 20.8. The molecule has 1 aliphatic heterocycles. The van der Waals surface area contributed by atoms with E-state index in [1.807, 2.05) is 25.7 Å². The summed E-state index contributed by atoms with van der Waals surface area (Å²) in [7, 11) is 0. The lowest BCUT2D eigenvalue weighted by Crippen LogP contribution is -2.51. The van der Waals surface area contributed by atoms with E-state index in [4.69, 9.17) is 4.74 Å². The topological polar surface area (TPSA) is 41.6 Å². The standard InChI is InChI=1S/C17H34N2O2/c1-13(2)17(6,7)12-18-14-9-8-10-19(11-14)15(20)21-16(3,4)5/h13-14,18H,8-12H2,1-7H3. The second-order valence-electron chi connectivity index (χ2n) is 8.29. The van der Waals surface area contributed by atoms with Gasteiger partial charge in [0.05, 0.1) is 0 Å². The number of ether oxygens (including phenoxy) is 1. The highest BCUT2D eigenvalue weighted by atomic mass is 16.6. The molecule has 1 unspecified atom stereocenters. The predicted octanol–water partition coefficient (Wildman–Crippen LogP) is 3.66. The first kappa shape index (κ1) is 18.3. The lowest BCUT2D eigenvalue weighted by molar-refractivity contribution is 0.0183. The second kappa shape index (κ2) is 6.99. The van der Waals surface area contributed by atoms with Gasteiger partial charge in [-0.1, -0.05) is 27.7 Å². The fourth-order valence-electron chi connectivity index (χ4n) is 2.25. The van der Waals surface area contributed by atoms with Crippen molar-refractivity contribution in [3.8, 4) is 0 Å². The summed E-state index contributed by atoms with van der Waals surface area (Å²) in [4.78, 5) is 14.0. The van der Waals surface area contributed by atoms with Crippen LogP contribution in [0.1, 0.15) is 61.3 Å². The number of carbonyl (C=O) groups is 1. The molecule has 1 saturated heterocycles. The summed E-state index contributed by atoms with van der Waals surface area (Å²) >= 11 is 0. The molecule has 1 rings (SSSR count). The summed E-state index contributed by atoms with van der Waals surface area (Å²) in [5.41, 5.74) is -0.148. The van der Waals surface area contributed by atoms with Gasteiger partial charge in [0.1, 0.15) is 5.60 Å². The Labute approximate surface area is 130 Å². The summed E-state index contributed by atoms with van der Waals surface area (Å²) in [5.74, 6) is 0.635. The fourth-order valence-corrected chi connectivity index (χ4v) is 2.25. The van der Waals surface area contributed by atoms with Crippen molar-refractivity contribution in [3.05, 3.63) is 0 Å². The maximum atomic E-state index is 12.1. The molecule has 21 heavy (non-hydrogen) atoms. The van der Waals surface area contributed by atoms with E-state index in [-0.39, 0.29) is 11.5 Å². The van der Waals surface area contributed by atoms with Gasteiger partial charge in [0, 0.05) is 25.7 Å². The zero-order chi connectivity index (χ0) is 16.3. The van der Waals surface area contributed by atoms with Crippen LogP contribution < -0.4 is 5.32 Å². The van der Waals surface area contributed by atoms with Crippen molar-refractivity contribution in [2.24, 2.45) is 11.3 Å². The zero-order valence-electron chi connectivity index (χ0n) is 15.0. The molecule has 0 aromatic heterocycles. The number of carbonyl (C=O) groups excluding carboxylic acids is 1. The first-order valence-corrected chi connectivity index (χ1v) is 8.22. The van der Waals surface area contributed by atoms with Crippen LogP contribution in [0.2, 0.25) is 0 Å². The molecule has 0 saturated carbocycles. The minimum atomic E-state index is -0.420. The molecule has 0 aliphatic carbocycles. The molecule has 0 aromatic rings. The van der Waals surface area contributed by atoms with E-state index in [0.29, 0.717) is 12.0 Å². The molecule has 1 N–H and O–H groups in total. The van der Waals surface area contributed by atoms with Gasteiger partial charge in [-0.05, 0) is 44.9 Å². The molecule has 4 nitrogen and oxygen atoms in total. The van der Waals surface area contributed by atoms with Crippen molar-refractivity contribution in [1.82, 2.24) is 10.2 Å². The zero-order valence-corrected chi connectivity index (χ0v) is 15.0. The van der Waals surface area contributed by atoms with Crippen LogP contribution in [0, 0.1) is 11.3 Å². The lowest BCUT2D eigenvalue weighted by atomic mass is 9.81. The van der Waals surface area contributed by atoms with Crippen molar-refractivity contribution in [1.29, 1.82) is 0 Å². The first-order chi connectivity index (χ1) is 9.51. The Bertz CT molecular complexity index is 345.